The SMILES string of the molecule is CCN1CCC(c2ccc(Nc3cc(Cl)nn(C)c3=O)nc2)CC1.Cn1nc(Cl)cc(Nc2ccc(C3CCN(C(=O)OC(C)(C)C)CC3)cn2)c1=O. The molecule has 0 aliphatic carbocycles. The first kappa shape index (κ1) is 39.7. The molecule has 2 saturated heterocycles. The van der Waals surface area contributed by atoms with Gasteiger partial charge in [0.1, 0.15) is 28.6 Å². The van der Waals surface area contributed by atoms with Crippen LogP contribution in [0.3, 0.4) is 0 Å². The number of carbonyl (C=O) groups is 1. The second kappa shape index (κ2) is 17.5. The predicted octanol–water partition coefficient (Wildman–Crippen LogP) is 6.46. The number of anilines is 4. The van der Waals surface area contributed by atoms with Gasteiger partial charge in [0.05, 0.1) is 0 Å². The number of ether oxygens (including phenoxy) is 1. The molecule has 53 heavy (non-hydrogen) atoms. The number of aryl methyl sites for hydroxylation is 2. The highest BCUT2D eigenvalue weighted by Gasteiger charge is 2.27. The van der Waals surface area contributed by atoms with Crippen molar-refractivity contribution in [2.75, 3.05) is 43.4 Å². The van der Waals surface area contributed by atoms with Crippen LogP contribution in [0.5, 0.6) is 0 Å². The first-order chi connectivity index (χ1) is 25.2. The molecule has 2 fully saturated rings. The third kappa shape index (κ3) is 11.0. The molecule has 1 amide bonds. The largest absolute Gasteiger partial charge is 0.444 e. The van der Waals surface area contributed by atoms with Gasteiger partial charge in [-0.2, -0.15) is 10.2 Å². The number of hydrogen-bond donors (Lipinski definition) is 2. The number of hydrogen-bond acceptors (Lipinski definition) is 11. The number of likely N-dealkylation sites (tertiary alicyclic amines) is 2. The molecule has 14 nitrogen and oxygen atoms in total. The smallest absolute Gasteiger partial charge is 0.410 e. The Kier molecular flexibility index (Phi) is 13.1. The third-order valence-corrected chi connectivity index (χ3v) is 9.66. The van der Waals surface area contributed by atoms with Crippen molar-refractivity contribution in [2.45, 2.75) is 70.8 Å². The fourth-order valence-corrected chi connectivity index (χ4v) is 6.79. The third-order valence-electron chi connectivity index (χ3n) is 9.29. The minimum Gasteiger partial charge on any atom is -0.444 e. The van der Waals surface area contributed by atoms with Gasteiger partial charge in [-0.05, 0) is 101 Å². The molecule has 2 aliphatic heterocycles. The van der Waals surface area contributed by atoms with E-state index in [2.05, 4.69) is 48.7 Å². The number of nitrogens with one attached hydrogen (secondary N) is 2. The number of piperidine rings is 2. The minimum absolute atomic E-state index is 0.225. The molecular formula is C37H48Cl2N10O4. The molecule has 4 aromatic rings. The van der Waals surface area contributed by atoms with Crippen molar-refractivity contribution < 1.29 is 9.53 Å². The quantitative estimate of drug-likeness (QED) is 0.213. The van der Waals surface area contributed by atoms with Crippen LogP contribution in [-0.4, -0.2) is 83.7 Å². The maximum absolute atomic E-state index is 12.2. The summed E-state index contributed by atoms with van der Waals surface area (Å²) in [7, 11) is 3.11. The van der Waals surface area contributed by atoms with Gasteiger partial charge >= 0.3 is 6.09 Å². The Bertz CT molecular complexity index is 1960. The lowest BCUT2D eigenvalue weighted by molar-refractivity contribution is 0.0205. The van der Waals surface area contributed by atoms with Gasteiger partial charge in [0.25, 0.3) is 11.1 Å². The first-order valence-corrected chi connectivity index (χ1v) is 18.6. The van der Waals surface area contributed by atoms with E-state index in [1.54, 1.807) is 19.0 Å². The fourth-order valence-electron chi connectivity index (χ4n) is 6.35. The zero-order valence-electron chi connectivity index (χ0n) is 31.1. The highest BCUT2D eigenvalue weighted by Crippen LogP contribution is 2.30. The Hall–Kier alpha value is -4.53. The zero-order valence-corrected chi connectivity index (χ0v) is 32.6. The molecule has 0 bridgehead atoms. The number of halogens is 2. The van der Waals surface area contributed by atoms with Crippen molar-refractivity contribution >= 4 is 52.3 Å². The van der Waals surface area contributed by atoms with Crippen molar-refractivity contribution in [3.05, 3.63) is 90.9 Å². The molecular weight excluding hydrogens is 719 g/mol. The molecule has 0 radical (unpaired) electrons. The van der Waals surface area contributed by atoms with Crippen LogP contribution < -0.4 is 21.8 Å². The number of carbonyl (C=O) groups excluding carboxylic acids is 1. The van der Waals surface area contributed by atoms with Gasteiger partial charge in [-0.1, -0.05) is 42.3 Å². The first-order valence-electron chi connectivity index (χ1n) is 17.8. The highest BCUT2D eigenvalue weighted by atomic mass is 35.5. The van der Waals surface area contributed by atoms with E-state index >= 15 is 0 Å². The summed E-state index contributed by atoms with van der Waals surface area (Å²) in [6.45, 7) is 12.5. The Balaban J connectivity index is 0.000000208. The fraction of sp³-hybridized carbons (Fsp3) is 0.486. The molecule has 0 saturated carbocycles. The van der Waals surface area contributed by atoms with Crippen LogP contribution in [0.2, 0.25) is 10.3 Å². The molecule has 4 aromatic heterocycles. The van der Waals surface area contributed by atoms with E-state index in [0.717, 1.165) is 38.0 Å². The average molecular weight is 768 g/mol. The second-order valence-electron chi connectivity index (χ2n) is 14.3. The normalized spacial score (nSPS) is 15.7. The average Bonchev–Trinajstić information content (AvgIpc) is 3.13. The van der Waals surface area contributed by atoms with Crippen molar-refractivity contribution in [1.82, 2.24) is 39.3 Å². The molecule has 284 valence electrons. The van der Waals surface area contributed by atoms with Crippen LogP contribution in [0.25, 0.3) is 0 Å². The van der Waals surface area contributed by atoms with Crippen LogP contribution in [0.15, 0.2) is 58.4 Å². The van der Waals surface area contributed by atoms with E-state index in [-0.39, 0.29) is 27.5 Å². The van der Waals surface area contributed by atoms with Crippen molar-refractivity contribution in [1.29, 1.82) is 0 Å². The van der Waals surface area contributed by atoms with E-state index in [1.807, 2.05) is 51.4 Å². The summed E-state index contributed by atoms with van der Waals surface area (Å²) in [6.07, 6.45) is 7.51. The molecule has 16 heteroatoms. The summed E-state index contributed by atoms with van der Waals surface area (Å²) in [5.41, 5.74) is 2.05. The van der Waals surface area contributed by atoms with Crippen LogP contribution in [0, 0.1) is 0 Å². The minimum atomic E-state index is -0.485. The summed E-state index contributed by atoms with van der Waals surface area (Å²) < 4.78 is 7.83. The number of aromatic nitrogens is 6. The van der Waals surface area contributed by atoms with Gasteiger partial charge in [0.2, 0.25) is 0 Å². The number of rotatable bonds is 7. The standard InChI is InChI=1S/C20H26ClN5O3.C17H22ClN5O/c1-20(2,3)29-19(28)26-9-7-13(8-10-26)14-5-6-17(22-12-14)23-15-11-16(21)24-25(4)18(15)27;1-3-23-8-6-12(7-9-23)13-4-5-16(19-11-13)20-14-10-15(18)21-22(2)17(14)24/h5-6,11-13H,7-10H2,1-4H3,(H,22,23);4-5,10-12H,3,6-9H2,1-2H3,(H,19,20). The maximum atomic E-state index is 12.2. The van der Waals surface area contributed by atoms with Gasteiger partial charge in [-0.15, -0.1) is 0 Å². The van der Waals surface area contributed by atoms with Gasteiger partial charge in [0.15, 0.2) is 10.3 Å². The molecule has 6 heterocycles. The summed E-state index contributed by atoms with van der Waals surface area (Å²) in [5.74, 6) is 2.08. The second-order valence-corrected chi connectivity index (χ2v) is 15.0. The van der Waals surface area contributed by atoms with E-state index in [1.165, 1.54) is 39.9 Å². The van der Waals surface area contributed by atoms with Gasteiger partial charge in [-0.25, -0.2) is 24.1 Å². The summed E-state index contributed by atoms with van der Waals surface area (Å²) in [5, 5.41) is 14.2. The van der Waals surface area contributed by atoms with Crippen molar-refractivity contribution in [2.24, 2.45) is 14.1 Å². The Labute approximate surface area is 319 Å². The van der Waals surface area contributed by atoms with Crippen molar-refractivity contribution in [3.8, 4) is 0 Å². The Morgan fingerprint density at radius 3 is 1.58 bits per heavy atom. The number of pyridine rings is 2. The van der Waals surface area contributed by atoms with Crippen LogP contribution >= 0.6 is 23.2 Å². The van der Waals surface area contributed by atoms with Crippen LogP contribution in [0.4, 0.5) is 27.8 Å². The lowest BCUT2D eigenvalue weighted by Gasteiger charge is -2.33. The van der Waals surface area contributed by atoms with E-state index in [4.69, 9.17) is 27.9 Å². The zero-order chi connectivity index (χ0) is 38.3. The van der Waals surface area contributed by atoms with E-state index in [0.29, 0.717) is 47.9 Å². The highest BCUT2D eigenvalue weighted by molar-refractivity contribution is 6.29. The summed E-state index contributed by atoms with van der Waals surface area (Å²) >= 11 is 11.8. The molecule has 2 aliphatic rings. The van der Waals surface area contributed by atoms with E-state index in [9.17, 15) is 14.4 Å². The topological polar surface area (TPSA) is 152 Å². The molecule has 0 atom stereocenters. The van der Waals surface area contributed by atoms with Gasteiger partial charge < -0.3 is 25.2 Å². The number of amides is 1. The van der Waals surface area contributed by atoms with Crippen LogP contribution in [-0.2, 0) is 18.8 Å². The van der Waals surface area contributed by atoms with Gasteiger partial charge in [-0.3, -0.25) is 9.59 Å². The maximum Gasteiger partial charge on any atom is 0.410 e. The molecule has 6 rings (SSSR count). The molecule has 0 unspecified atom stereocenters. The summed E-state index contributed by atoms with van der Waals surface area (Å²) in [6, 6.07) is 10.8. The van der Waals surface area contributed by atoms with Gasteiger partial charge in [0, 0.05) is 51.7 Å². The monoisotopic (exact) mass is 766 g/mol. The summed E-state index contributed by atoms with van der Waals surface area (Å²) in [4.78, 5) is 49.5. The molecule has 2 N–H and O–H groups in total. The van der Waals surface area contributed by atoms with Crippen LogP contribution in [0.1, 0.15) is 76.3 Å². The lowest BCUT2D eigenvalue weighted by atomic mass is 9.90. The molecule has 0 aromatic carbocycles. The predicted molar refractivity (Wildman–Crippen MR) is 208 cm³/mol. The molecule has 0 spiro atoms. The van der Waals surface area contributed by atoms with E-state index < -0.39 is 5.60 Å². The Morgan fingerprint density at radius 1 is 0.774 bits per heavy atom. The number of nitrogens with zero attached hydrogens (tertiary/aromatic N) is 8. The Morgan fingerprint density at radius 2 is 1.21 bits per heavy atom. The van der Waals surface area contributed by atoms with Crippen molar-refractivity contribution in [3.63, 3.8) is 0 Å². The lowest BCUT2D eigenvalue weighted by Crippen LogP contribution is -2.41.